The van der Waals surface area contributed by atoms with Crippen LogP contribution in [0.4, 0.5) is 17.1 Å². The number of pyridine rings is 1. The lowest BCUT2D eigenvalue weighted by Crippen LogP contribution is -2.77. The molecule has 0 fully saturated rings. The van der Waals surface area contributed by atoms with E-state index in [9.17, 15) is 0 Å². The first kappa shape index (κ1) is 22.4. The molecule has 3 aromatic heterocycles. The SMILES string of the molecule is CC1(C)c2ccccc2N2c3ccc4c5cccc6c5n5c4c3C3(c4c(ccc1c42)-n1ccc[n+]13)[n+]1cccc(c1-5)C6(C)C. The first-order chi connectivity index (χ1) is 21.4. The molecule has 5 nitrogen and oxygen atoms in total. The van der Waals surface area contributed by atoms with Crippen molar-refractivity contribution in [3.05, 3.63) is 137 Å². The fourth-order valence-electron chi connectivity index (χ4n) is 10.1. The van der Waals surface area contributed by atoms with E-state index in [0.29, 0.717) is 0 Å². The van der Waals surface area contributed by atoms with Gasteiger partial charge in [0.05, 0.1) is 35.0 Å². The van der Waals surface area contributed by atoms with Crippen molar-refractivity contribution in [2.45, 2.75) is 44.2 Å². The Balaban J connectivity index is 1.43. The Morgan fingerprint density at radius 3 is 2.25 bits per heavy atom. The van der Waals surface area contributed by atoms with Crippen molar-refractivity contribution < 1.29 is 9.25 Å². The molecular formula is C39H29N5+2. The molecule has 0 radical (unpaired) electrons. The average molecular weight is 568 g/mol. The summed E-state index contributed by atoms with van der Waals surface area (Å²) >= 11 is 0. The fraction of sp³-hybridized carbons (Fsp3) is 0.179. The highest BCUT2D eigenvalue weighted by molar-refractivity contribution is 6.15. The molecule has 1 unspecified atom stereocenters. The molecule has 1 spiro atoms. The van der Waals surface area contributed by atoms with Crippen molar-refractivity contribution in [3.63, 3.8) is 0 Å². The molecule has 4 aromatic carbocycles. The molecule has 0 N–H and O–H groups in total. The predicted molar refractivity (Wildman–Crippen MR) is 171 cm³/mol. The second-order valence-corrected chi connectivity index (χ2v) is 14.3. The number of benzene rings is 4. The van der Waals surface area contributed by atoms with Crippen molar-refractivity contribution in [1.29, 1.82) is 0 Å². The van der Waals surface area contributed by atoms with Crippen molar-refractivity contribution in [2.75, 3.05) is 4.90 Å². The Labute approximate surface area is 254 Å². The monoisotopic (exact) mass is 567 g/mol. The van der Waals surface area contributed by atoms with Crippen LogP contribution < -0.4 is 14.1 Å². The number of hydrogen-bond acceptors (Lipinski definition) is 1. The van der Waals surface area contributed by atoms with Gasteiger partial charge in [-0.25, -0.2) is 0 Å². The molecule has 0 aliphatic carbocycles. The van der Waals surface area contributed by atoms with Gasteiger partial charge in [-0.2, -0.15) is 9.13 Å². The third-order valence-corrected chi connectivity index (χ3v) is 11.9. The van der Waals surface area contributed by atoms with Crippen LogP contribution in [-0.4, -0.2) is 9.25 Å². The average Bonchev–Trinajstić information content (AvgIpc) is 3.72. The molecule has 44 heavy (non-hydrogen) atoms. The summed E-state index contributed by atoms with van der Waals surface area (Å²) in [4.78, 5) is 2.60. The molecule has 8 heterocycles. The Kier molecular flexibility index (Phi) is 3.24. The van der Waals surface area contributed by atoms with Crippen LogP contribution in [0.3, 0.4) is 0 Å². The summed E-state index contributed by atoms with van der Waals surface area (Å²) in [6.45, 7) is 9.60. The Bertz CT molecular complexity index is 2580. The lowest BCUT2D eigenvalue weighted by molar-refractivity contribution is -0.993. The predicted octanol–water partition coefficient (Wildman–Crippen LogP) is 7.14. The summed E-state index contributed by atoms with van der Waals surface area (Å²) in [6, 6.07) is 32.4. The maximum absolute atomic E-state index is 2.62. The van der Waals surface area contributed by atoms with Gasteiger partial charge in [0.1, 0.15) is 22.3 Å². The van der Waals surface area contributed by atoms with Crippen LogP contribution in [0.15, 0.2) is 104 Å². The summed E-state index contributed by atoms with van der Waals surface area (Å²) in [7, 11) is 0. The molecular weight excluding hydrogens is 538 g/mol. The Morgan fingerprint density at radius 2 is 1.34 bits per heavy atom. The number of anilines is 3. The van der Waals surface area contributed by atoms with Crippen molar-refractivity contribution >= 4 is 38.9 Å². The summed E-state index contributed by atoms with van der Waals surface area (Å²) in [5.74, 6) is 1.29. The second-order valence-electron chi connectivity index (χ2n) is 14.3. The summed E-state index contributed by atoms with van der Waals surface area (Å²) in [5, 5.41) is 2.67. The molecule has 208 valence electrons. The zero-order chi connectivity index (χ0) is 29.1. The minimum Gasteiger partial charge on any atom is -0.308 e. The van der Waals surface area contributed by atoms with Gasteiger partial charge in [0.2, 0.25) is 6.20 Å². The third-order valence-electron chi connectivity index (χ3n) is 11.9. The van der Waals surface area contributed by atoms with Crippen LogP contribution in [0.5, 0.6) is 0 Å². The minimum absolute atomic E-state index is 0.148. The van der Waals surface area contributed by atoms with Gasteiger partial charge in [-0.3, -0.25) is 0 Å². The van der Waals surface area contributed by atoms with Crippen LogP contribution >= 0.6 is 0 Å². The lowest BCUT2D eigenvalue weighted by atomic mass is 9.69. The van der Waals surface area contributed by atoms with Crippen LogP contribution in [0.1, 0.15) is 61.1 Å². The maximum Gasteiger partial charge on any atom is 0.394 e. The van der Waals surface area contributed by atoms with Crippen molar-refractivity contribution in [1.82, 2.24) is 9.25 Å². The van der Waals surface area contributed by atoms with E-state index >= 15 is 0 Å². The molecule has 12 rings (SSSR count). The van der Waals surface area contributed by atoms with Gasteiger partial charge in [0.15, 0.2) is 5.52 Å². The van der Waals surface area contributed by atoms with E-state index in [1.807, 2.05) is 0 Å². The molecule has 0 saturated heterocycles. The zero-order valence-corrected chi connectivity index (χ0v) is 25.1. The van der Waals surface area contributed by atoms with Crippen LogP contribution in [0.25, 0.3) is 33.3 Å². The quantitative estimate of drug-likeness (QED) is 0.179. The molecule has 0 amide bonds. The Hall–Kier alpha value is -5.16. The van der Waals surface area contributed by atoms with E-state index in [0.717, 1.165) is 0 Å². The van der Waals surface area contributed by atoms with Crippen molar-refractivity contribution in [3.8, 4) is 11.5 Å². The van der Waals surface area contributed by atoms with Crippen molar-refractivity contribution in [2.24, 2.45) is 0 Å². The van der Waals surface area contributed by atoms with E-state index in [2.05, 4.69) is 155 Å². The highest BCUT2D eigenvalue weighted by Crippen LogP contribution is 2.64. The number of nitrogens with zero attached hydrogens (tertiary/aromatic N) is 5. The fourth-order valence-corrected chi connectivity index (χ4v) is 10.1. The highest BCUT2D eigenvalue weighted by atomic mass is 15.5. The molecule has 5 heteroatoms. The summed E-state index contributed by atoms with van der Waals surface area (Å²) in [5.41, 5.74) is 15.2. The van der Waals surface area contributed by atoms with Gasteiger partial charge < -0.3 is 4.90 Å². The van der Waals surface area contributed by atoms with Gasteiger partial charge in [0, 0.05) is 33.2 Å². The smallest absolute Gasteiger partial charge is 0.308 e. The highest BCUT2D eigenvalue weighted by Gasteiger charge is 2.70. The minimum atomic E-state index is -0.582. The molecule has 7 aromatic rings. The molecule has 0 bridgehead atoms. The molecule has 1 atom stereocenters. The van der Waals surface area contributed by atoms with E-state index < -0.39 is 5.66 Å². The van der Waals surface area contributed by atoms with Crippen LogP contribution in [0, 0.1) is 0 Å². The number of aromatic nitrogens is 4. The first-order valence-electron chi connectivity index (χ1n) is 15.7. The topological polar surface area (TPSA) is 20.9 Å². The second kappa shape index (κ2) is 6.36. The normalized spacial score (nSPS) is 20.7. The van der Waals surface area contributed by atoms with Gasteiger partial charge >= 0.3 is 5.66 Å². The van der Waals surface area contributed by atoms with Crippen LogP contribution in [0.2, 0.25) is 0 Å². The maximum atomic E-state index is 2.62. The van der Waals surface area contributed by atoms with E-state index in [1.54, 1.807) is 0 Å². The Morgan fingerprint density at radius 1 is 0.568 bits per heavy atom. The van der Waals surface area contributed by atoms with Gasteiger partial charge in [-0.05, 0) is 53.6 Å². The van der Waals surface area contributed by atoms with E-state index in [1.165, 1.54) is 83.8 Å². The zero-order valence-electron chi connectivity index (χ0n) is 25.1. The summed E-state index contributed by atoms with van der Waals surface area (Å²) in [6.07, 6.45) is 6.87. The van der Waals surface area contributed by atoms with Gasteiger partial charge in [-0.1, -0.05) is 68.8 Å². The van der Waals surface area contributed by atoms with Gasteiger partial charge in [-0.15, -0.1) is 4.68 Å². The number of fused-ring (bicyclic) bond motifs is 6. The third kappa shape index (κ3) is 1.90. The summed E-state index contributed by atoms with van der Waals surface area (Å²) < 4.78 is 10.1. The van der Waals surface area contributed by atoms with E-state index in [4.69, 9.17) is 0 Å². The number of para-hydroxylation sites is 2. The van der Waals surface area contributed by atoms with Gasteiger partial charge in [0.25, 0.3) is 5.82 Å². The molecule has 0 saturated carbocycles. The molecule has 5 aliphatic heterocycles. The number of hydrogen-bond donors (Lipinski definition) is 0. The van der Waals surface area contributed by atoms with Crippen LogP contribution in [-0.2, 0) is 16.5 Å². The lowest BCUT2D eigenvalue weighted by Gasteiger charge is -2.47. The number of rotatable bonds is 0. The van der Waals surface area contributed by atoms with E-state index in [-0.39, 0.29) is 10.8 Å². The first-order valence-corrected chi connectivity index (χ1v) is 15.7. The standard InChI is InChI=1S/C39H29N5/c1-37(2)24-11-5-6-14-28(24)43-30-17-15-23-22-10-7-12-25-33(22)44-34(23)32(30)39(40-19-8-13-27(36(40)44)38(25,3)4)31-29(18-16-26(37)35(31)43)41-20-9-21-42(39)41/h5-21H,1-4H3/q+2. The largest absolute Gasteiger partial charge is 0.394 e. The molecule has 5 aliphatic rings.